The molecule has 0 saturated heterocycles. The van der Waals surface area contributed by atoms with Crippen LogP contribution in [0.25, 0.3) is 0 Å². The average Bonchev–Trinajstić information content (AvgIpc) is 2.03. The van der Waals surface area contributed by atoms with Gasteiger partial charge in [-0.05, 0) is 31.6 Å². The number of ketones is 1. The van der Waals surface area contributed by atoms with Crippen LogP contribution in [-0.2, 0) is 4.79 Å². The SMILES string of the molecule is C=C(C)[C@H]1CC[C@@H](C(C)C)C(=O)C1. The third kappa shape index (κ3) is 2.43. The molecule has 1 saturated carbocycles. The van der Waals surface area contributed by atoms with Crippen LogP contribution in [0.2, 0.25) is 0 Å². The van der Waals surface area contributed by atoms with Crippen molar-refractivity contribution in [1.82, 2.24) is 0 Å². The Labute approximate surface area is 81.2 Å². The summed E-state index contributed by atoms with van der Waals surface area (Å²) in [6.45, 7) is 10.3. The average molecular weight is 180 g/mol. The van der Waals surface area contributed by atoms with Crippen molar-refractivity contribution in [1.29, 1.82) is 0 Å². The van der Waals surface area contributed by atoms with Gasteiger partial charge >= 0.3 is 0 Å². The molecule has 1 heteroatoms. The standard InChI is InChI=1S/C12H20O/c1-8(2)10-5-6-11(9(3)4)12(13)7-10/h9-11H,1,5-7H2,2-4H3/t10-,11-/m0/s1. The maximum atomic E-state index is 11.7. The van der Waals surface area contributed by atoms with Crippen LogP contribution in [0.5, 0.6) is 0 Å². The number of hydrogen-bond acceptors (Lipinski definition) is 1. The van der Waals surface area contributed by atoms with Gasteiger partial charge in [-0.25, -0.2) is 0 Å². The Morgan fingerprint density at radius 2 is 2.08 bits per heavy atom. The summed E-state index contributed by atoms with van der Waals surface area (Å²) in [5, 5.41) is 0. The molecule has 2 atom stereocenters. The monoisotopic (exact) mass is 180 g/mol. The minimum atomic E-state index is 0.315. The summed E-state index contributed by atoms with van der Waals surface area (Å²) in [6, 6.07) is 0. The molecular weight excluding hydrogens is 160 g/mol. The van der Waals surface area contributed by atoms with E-state index < -0.39 is 0 Å². The number of carbonyl (C=O) groups excluding carboxylic acids is 1. The molecule has 0 bridgehead atoms. The molecule has 1 nitrogen and oxygen atoms in total. The maximum absolute atomic E-state index is 11.7. The largest absolute Gasteiger partial charge is 0.299 e. The molecule has 0 radical (unpaired) electrons. The third-order valence-corrected chi connectivity index (χ3v) is 3.19. The molecule has 0 aromatic rings. The summed E-state index contributed by atoms with van der Waals surface area (Å²) in [6.07, 6.45) is 2.95. The summed E-state index contributed by atoms with van der Waals surface area (Å²) >= 11 is 0. The van der Waals surface area contributed by atoms with E-state index in [1.54, 1.807) is 0 Å². The van der Waals surface area contributed by atoms with Crippen molar-refractivity contribution in [2.75, 3.05) is 0 Å². The van der Waals surface area contributed by atoms with Crippen molar-refractivity contribution < 1.29 is 4.79 Å². The topological polar surface area (TPSA) is 17.1 Å². The van der Waals surface area contributed by atoms with Crippen LogP contribution < -0.4 is 0 Å². The fraction of sp³-hybridized carbons (Fsp3) is 0.750. The van der Waals surface area contributed by atoms with Crippen molar-refractivity contribution in [2.24, 2.45) is 17.8 Å². The van der Waals surface area contributed by atoms with Crippen LogP contribution in [0, 0.1) is 17.8 Å². The van der Waals surface area contributed by atoms with Crippen molar-refractivity contribution in [3.63, 3.8) is 0 Å². The highest BCUT2D eigenvalue weighted by Crippen LogP contribution is 2.33. The zero-order valence-electron chi connectivity index (χ0n) is 8.97. The Kier molecular flexibility index (Phi) is 3.29. The number of rotatable bonds is 2. The fourth-order valence-electron chi connectivity index (χ4n) is 2.16. The van der Waals surface area contributed by atoms with Crippen LogP contribution >= 0.6 is 0 Å². The number of hydrogen-bond donors (Lipinski definition) is 0. The molecule has 0 amide bonds. The summed E-state index contributed by atoms with van der Waals surface area (Å²) in [5.41, 5.74) is 1.18. The first-order valence-electron chi connectivity index (χ1n) is 5.20. The Hall–Kier alpha value is -0.590. The van der Waals surface area contributed by atoms with Gasteiger partial charge in [0, 0.05) is 12.3 Å². The molecule has 0 N–H and O–H groups in total. The van der Waals surface area contributed by atoms with E-state index >= 15 is 0 Å². The quantitative estimate of drug-likeness (QED) is 0.596. The van der Waals surface area contributed by atoms with Gasteiger partial charge in [-0.2, -0.15) is 0 Å². The molecule has 0 heterocycles. The van der Waals surface area contributed by atoms with Gasteiger partial charge in [0.25, 0.3) is 0 Å². The highest BCUT2D eigenvalue weighted by atomic mass is 16.1. The first-order valence-corrected chi connectivity index (χ1v) is 5.20. The van der Waals surface area contributed by atoms with Crippen LogP contribution in [0.1, 0.15) is 40.0 Å². The van der Waals surface area contributed by atoms with E-state index in [4.69, 9.17) is 0 Å². The molecule has 1 fully saturated rings. The minimum absolute atomic E-state index is 0.315. The van der Waals surface area contributed by atoms with Crippen molar-refractivity contribution in [3.05, 3.63) is 12.2 Å². The molecule has 0 unspecified atom stereocenters. The lowest BCUT2D eigenvalue weighted by Crippen LogP contribution is -2.28. The maximum Gasteiger partial charge on any atom is 0.136 e. The molecule has 1 aliphatic rings. The first-order chi connectivity index (χ1) is 6.02. The van der Waals surface area contributed by atoms with Gasteiger partial charge in [-0.3, -0.25) is 4.79 Å². The predicted octanol–water partition coefficient (Wildman–Crippen LogP) is 3.20. The zero-order valence-corrected chi connectivity index (χ0v) is 8.97. The van der Waals surface area contributed by atoms with Gasteiger partial charge in [0.2, 0.25) is 0 Å². The van der Waals surface area contributed by atoms with Gasteiger partial charge in [-0.1, -0.05) is 26.0 Å². The Bertz CT molecular complexity index is 215. The zero-order chi connectivity index (χ0) is 10.0. The van der Waals surface area contributed by atoms with Crippen LogP contribution in [0.3, 0.4) is 0 Å². The second-order valence-corrected chi connectivity index (χ2v) is 4.64. The lowest BCUT2D eigenvalue weighted by Gasteiger charge is -2.29. The third-order valence-electron chi connectivity index (χ3n) is 3.19. The van der Waals surface area contributed by atoms with E-state index in [2.05, 4.69) is 20.4 Å². The van der Waals surface area contributed by atoms with E-state index in [9.17, 15) is 4.79 Å². The normalized spacial score (nSPS) is 29.4. The molecular formula is C12H20O. The molecule has 0 aromatic carbocycles. The smallest absolute Gasteiger partial charge is 0.136 e. The molecule has 0 aromatic heterocycles. The lowest BCUT2D eigenvalue weighted by atomic mass is 9.74. The number of allylic oxidation sites excluding steroid dienone is 1. The van der Waals surface area contributed by atoms with E-state index in [-0.39, 0.29) is 0 Å². The Morgan fingerprint density at radius 1 is 1.46 bits per heavy atom. The number of carbonyl (C=O) groups is 1. The van der Waals surface area contributed by atoms with E-state index in [1.807, 2.05) is 6.92 Å². The van der Waals surface area contributed by atoms with Crippen molar-refractivity contribution in [2.45, 2.75) is 40.0 Å². The van der Waals surface area contributed by atoms with E-state index in [1.165, 1.54) is 5.57 Å². The van der Waals surface area contributed by atoms with Crippen LogP contribution in [-0.4, -0.2) is 5.78 Å². The van der Waals surface area contributed by atoms with Gasteiger partial charge in [0.15, 0.2) is 0 Å². The van der Waals surface area contributed by atoms with Gasteiger partial charge in [0.1, 0.15) is 5.78 Å². The molecule has 74 valence electrons. The number of Topliss-reactive ketones (excluding diaryl/α,β-unsaturated/α-hetero) is 1. The molecule has 0 spiro atoms. The predicted molar refractivity (Wildman–Crippen MR) is 55.5 cm³/mol. The van der Waals surface area contributed by atoms with Gasteiger partial charge in [0.05, 0.1) is 0 Å². The second-order valence-electron chi connectivity index (χ2n) is 4.64. The molecule has 1 aliphatic carbocycles. The Morgan fingerprint density at radius 3 is 2.46 bits per heavy atom. The summed E-state index contributed by atoms with van der Waals surface area (Å²) in [5.74, 6) is 1.74. The molecule has 13 heavy (non-hydrogen) atoms. The van der Waals surface area contributed by atoms with Crippen LogP contribution in [0.15, 0.2) is 12.2 Å². The van der Waals surface area contributed by atoms with E-state index in [0.717, 1.165) is 19.3 Å². The van der Waals surface area contributed by atoms with Gasteiger partial charge in [-0.15, -0.1) is 0 Å². The van der Waals surface area contributed by atoms with Crippen molar-refractivity contribution >= 4 is 5.78 Å². The second kappa shape index (κ2) is 4.08. The fourth-order valence-corrected chi connectivity index (χ4v) is 2.16. The summed E-state index contributed by atoms with van der Waals surface area (Å²) in [4.78, 5) is 11.7. The van der Waals surface area contributed by atoms with Crippen molar-refractivity contribution in [3.8, 4) is 0 Å². The van der Waals surface area contributed by atoms with E-state index in [0.29, 0.717) is 23.5 Å². The Balaban J connectivity index is 2.57. The van der Waals surface area contributed by atoms with Gasteiger partial charge < -0.3 is 0 Å². The minimum Gasteiger partial charge on any atom is -0.299 e. The molecule has 0 aliphatic heterocycles. The molecule has 1 rings (SSSR count). The van der Waals surface area contributed by atoms with Crippen LogP contribution in [0.4, 0.5) is 0 Å². The highest BCUT2D eigenvalue weighted by molar-refractivity contribution is 5.82. The lowest BCUT2D eigenvalue weighted by molar-refractivity contribution is -0.127. The first kappa shape index (κ1) is 10.5. The summed E-state index contributed by atoms with van der Waals surface area (Å²) in [7, 11) is 0. The highest BCUT2D eigenvalue weighted by Gasteiger charge is 2.30. The summed E-state index contributed by atoms with van der Waals surface area (Å²) < 4.78 is 0.